The number of carbonyl (C=O) groups excluding carboxylic acids is 2. The summed E-state index contributed by atoms with van der Waals surface area (Å²) in [7, 11) is -2.19. The van der Waals surface area contributed by atoms with E-state index in [1.807, 2.05) is 45.0 Å². The summed E-state index contributed by atoms with van der Waals surface area (Å²) in [6.45, 7) is 9.63. The van der Waals surface area contributed by atoms with Crippen LogP contribution >= 0.6 is 0 Å². The van der Waals surface area contributed by atoms with Crippen LogP contribution in [0.3, 0.4) is 0 Å². The summed E-state index contributed by atoms with van der Waals surface area (Å²) in [5, 5.41) is 3.82. The maximum atomic E-state index is 13.3. The van der Waals surface area contributed by atoms with E-state index in [1.54, 1.807) is 39.1 Å². The minimum Gasteiger partial charge on any atom is -0.364 e. The smallest absolute Gasteiger partial charge is 0.314 e. The Balaban J connectivity index is 1.97. The van der Waals surface area contributed by atoms with Gasteiger partial charge in [-0.2, -0.15) is 0 Å². The van der Waals surface area contributed by atoms with Gasteiger partial charge in [0.1, 0.15) is 6.54 Å². The molecule has 1 unspecified atom stereocenters. The Morgan fingerprint density at radius 1 is 1.08 bits per heavy atom. The summed E-state index contributed by atoms with van der Waals surface area (Å²) in [4.78, 5) is 26.0. The number of sulfonamides is 1. The molecule has 0 fully saturated rings. The fraction of sp³-hybridized carbons (Fsp3) is 0.414. The van der Waals surface area contributed by atoms with Crippen molar-refractivity contribution >= 4 is 27.7 Å². The molecule has 1 heterocycles. The van der Waals surface area contributed by atoms with E-state index in [9.17, 15) is 18.0 Å². The second-order valence-electron chi connectivity index (χ2n) is 10.3. The zero-order valence-corrected chi connectivity index (χ0v) is 24.3. The highest BCUT2D eigenvalue weighted by molar-refractivity contribution is 7.92. The molecule has 0 aliphatic carbocycles. The van der Waals surface area contributed by atoms with Crippen LogP contribution in [-0.4, -0.2) is 43.0 Å². The molecule has 9 nitrogen and oxygen atoms in total. The van der Waals surface area contributed by atoms with Crippen LogP contribution in [-0.2, 0) is 26.2 Å². The van der Waals surface area contributed by atoms with E-state index in [2.05, 4.69) is 9.88 Å². The quantitative estimate of drug-likeness (QED) is 0.305. The van der Waals surface area contributed by atoms with Gasteiger partial charge in [0.25, 0.3) is 15.9 Å². The average molecular weight is 556 g/mol. The van der Waals surface area contributed by atoms with E-state index in [0.717, 1.165) is 5.56 Å². The lowest BCUT2D eigenvalue weighted by atomic mass is 9.93. The molecule has 3 N–H and O–H groups in total. The summed E-state index contributed by atoms with van der Waals surface area (Å²) in [6.07, 6.45) is 1.73. The normalized spacial score (nSPS) is 14.8. The first-order chi connectivity index (χ1) is 18.4. The molecule has 0 spiro atoms. The van der Waals surface area contributed by atoms with Crippen LogP contribution in [0.1, 0.15) is 56.9 Å². The molecule has 3 rings (SSSR count). The lowest BCUT2D eigenvalue weighted by molar-refractivity contribution is -0.868. The van der Waals surface area contributed by atoms with E-state index in [0.29, 0.717) is 48.2 Å². The first kappa shape index (κ1) is 30.0. The molecule has 39 heavy (non-hydrogen) atoms. The van der Waals surface area contributed by atoms with Gasteiger partial charge in [0.05, 0.1) is 24.1 Å². The van der Waals surface area contributed by atoms with E-state index < -0.39 is 22.0 Å². The van der Waals surface area contributed by atoms with Crippen LogP contribution in [0.4, 0.5) is 5.88 Å². The third-order valence-electron chi connectivity index (χ3n) is 7.46. The molecule has 0 radical (unpaired) electrons. The van der Waals surface area contributed by atoms with Gasteiger partial charge in [0, 0.05) is 22.6 Å². The van der Waals surface area contributed by atoms with Gasteiger partial charge in [-0.15, -0.1) is 0 Å². The fourth-order valence-corrected chi connectivity index (χ4v) is 6.23. The molecule has 2 aromatic carbocycles. The summed E-state index contributed by atoms with van der Waals surface area (Å²) >= 11 is 0. The Kier molecular flexibility index (Phi) is 9.34. The lowest BCUT2D eigenvalue weighted by Crippen LogP contribution is -2.62. The van der Waals surface area contributed by atoms with Crippen molar-refractivity contribution in [2.24, 2.45) is 11.7 Å². The van der Waals surface area contributed by atoms with Crippen LogP contribution in [0, 0.1) is 19.8 Å². The number of benzene rings is 2. The number of amides is 2. The van der Waals surface area contributed by atoms with Gasteiger partial charge in [-0.25, -0.2) is 22.4 Å². The van der Waals surface area contributed by atoms with Crippen molar-refractivity contribution in [1.29, 1.82) is 0 Å². The second-order valence-corrected chi connectivity index (χ2v) is 12.0. The molecule has 210 valence electrons. The predicted molar refractivity (Wildman–Crippen MR) is 151 cm³/mol. The fourth-order valence-electron chi connectivity index (χ4n) is 4.95. The van der Waals surface area contributed by atoms with Crippen molar-refractivity contribution < 1.29 is 27.0 Å². The van der Waals surface area contributed by atoms with Gasteiger partial charge in [0.2, 0.25) is 5.88 Å². The average Bonchev–Trinajstić information content (AvgIpc) is 3.20. The molecule has 0 aliphatic rings. The van der Waals surface area contributed by atoms with Crippen molar-refractivity contribution in [2.45, 2.75) is 71.4 Å². The zero-order valence-electron chi connectivity index (χ0n) is 23.5. The van der Waals surface area contributed by atoms with Gasteiger partial charge in [-0.05, 0) is 38.3 Å². The van der Waals surface area contributed by atoms with E-state index in [-0.39, 0.29) is 27.1 Å². The number of aromatic nitrogens is 1. The number of primary amides is 1. The molecular weight excluding hydrogens is 516 g/mol. The van der Waals surface area contributed by atoms with Crippen LogP contribution in [0.25, 0.3) is 11.1 Å². The largest absolute Gasteiger partial charge is 0.364 e. The molecular formula is C29H39N4O5S+. The van der Waals surface area contributed by atoms with Crippen LogP contribution < -0.4 is 10.5 Å². The standard InChI is InChI=1S/C29H38N4O5S/c1-7-11-26(34)33(6,27(28(30)35)19(3)8-2)18-22-14-16-23(17-15-22)24-12-9-10-13-25(24)39(36,37)32-29-20(4)21(5)31-38-29/h9-10,12-17,19,27H,7-8,11,18H2,1-6H3,(H2-,30,31,32,35)/p+1/t19-,27-,33?/m0/s1. The monoisotopic (exact) mass is 555 g/mol. The molecule has 0 aliphatic heterocycles. The first-order valence-electron chi connectivity index (χ1n) is 13.2. The van der Waals surface area contributed by atoms with E-state index in [1.165, 1.54) is 6.07 Å². The van der Waals surface area contributed by atoms with Crippen LogP contribution in [0.2, 0.25) is 0 Å². The first-order valence-corrected chi connectivity index (χ1v) is 14.7. The number of anilines is 1. The Bertz CT molecular complexity index is 1430. The summed E-state index contributed by atoms with van der Waals surface area (Å²) in [6, 6.07) is 13.4. The maximum absolute atomic E-state index is 13.3. The van der Waals surface area contributed by atoms with Crippen molar-refractivity contribution in [3.8, 4) is 11.1 Å². The number of hydrogen-bond acceptors (Lipinski definition) is 6. The van der Waals surface area contributed by atoms with Gasteiger partial charge < -0.3 is 10.3 Å². The number of rotatable bonds is 12. The van der Waals surface area contributed by atoms with Gasteiger partial charge >= 0.3 is 5.91 Å². The highest BCUT2D eigenvalue weighted by Gasteiger charge is 2.45. The molecule has 1 aromatic heterocycles. The molecule has 10 heteroatoms. The maximum Gasteiger partial charge on any atom is 0.314 e. The number of aryl methyl sites for hydroxylation is 1. The molecule has 3 atom stereocenters. The minimum atomic E-state index is -3.97. The van der Waals surface area contributed by atoms with E-state index in [4.69, 9.17) is 10.3 Å². The molecule has 3 aromatic rings. The lowest BCUT2D eigenvalue weighted by Gasteiger charge is -2.40. The topological polar surface area (TPSA) is 132 Å². The van der Waals surface area contributed by atoms with E-state index >= 15 is 0 Å². The van der Waals surface area contributed by atoms with Crippen molar-refractivity contribution in [2.75, 3.05) is 11.8 Å². The Morgan fingerprint density at radius 3 is 2.26 bits per heavy atom. The zero-order chi connectivity index (χ0) is 29.0. The summed E-state index contributed by atoms with van der Waals surface area (Å²) in [5.74, 6) is -0.520. The number of carbonyl (C=O) groups is 2. The highest BCUT2D eigenvalue weighted by atomic mass is 32.2. The number of nitrogens with two attached hydrogens (primary N) is 1. The summed E-state index contributed by atoms with van der Waals surface area (Å²) < 4.78 is 34.1. The highest BCUT2D eigenvalue weighted by Crippen LogP contribution is 2.31. The molecule has 0 saturated carbocycles. The third kappa shape index (κ3) is 6.39. The number of likely N-dealkylation sites (N-methyl/N-ethyl adjacent to an activating group) is 1. The third-order valence-corrected chi connectivity index (χ3v) is 8.85. The van der Waals surface area contributed by atoms with Crippen LogP contribution in [0.15, 0.2) is 57.9 Å². The SMILES string of the molecule is CCCC(=O)[N+](C)(Cc1ccc(-c2ccccc2S(=O)(=O)Nc2onc(C)c2C)cc1)[C@H](C(N)=O)[C@@H](C)CC. The Morgan fingerprint density at radius 2 is 1.72 bits per heavy atom. The number of nitrogens with zero attached hydrogens (tertiary/aromatic N) is 2. The van der Waals surface area contributed by atoms with Crippen molar-refractivity contribution in [3.05, 3.63) is 65.4 Å². The minimum absolute atomic E-state index is 0.0360. The van der Waals surface area contributed by atoms with Gasteiger partial charge in [0.15, 0.2) is 6.04 Å². The van der Waals surface area contributed by atoms with Crippen LogP contribution in [0.5, 0.6) is 0 Å². The Hall–Kier alpha value is -3.50. The van der Waals surface area contributed by atoms with Crippen molar-refractivity contribution in [1.82, 2.24) is 5.16 Å². The predicted octanol–water partition coefficient (Wildman–Crippen LogP) is 4.93. The molecule has 0 saturated heterocycles. The van der Waals surface area contributed by atoms with Gasteiger partial charge in [-0.1, -0.05) is 68.4 Å². The number of quaternary nitrogens is 1. The second kappa shape index (κ2) is 12.1. The van der Waals surface area contributed by atoms with Crippen molar-refractivity contribution in [3.63, 3.8) is 0 Å². The van der Waals surface area contributed by atoms with Gasteiger partial charge in [-0.3, -0.25) is 4.79 Å². The molecule has 2 amide bonds. The summed E-state index contributed by atoms with van der Waals surface area (Å²) in [5.41, 5.74) is 9.09. The molecule has 0 bridgehead atoms. The number of nitrogens with one attached hydrogen (secondary N) is 1. The number of hydrogen-bond donors (Lipinski definition) is 2. The Labute approximate surface area is 231 Å².